The first-order chi connectivity index (χ1) is 15.4. The number of anilines is 1. The number of nitrogens with zero attached hydrogens (tertiary/aromatic N) is 4. The fraction of sp³-hybridized carbons (Fsp3) is 0.273. The number of para-hydroxylation sites is 1. The van der Waals surface area contributed by atoms with Gasteiger partial charge in [0.1, 0.15) is 5.75 Å². The van der Waals surface area contributed by atoms with Gasteiger partial charge in [0.05, 0.1) is 29.0 Å². The predicted octanol–water partition coefficient (Wildman–Crippen LogP) is 4.24. The fourth-order valence-corrected chi connectivity index (χ4v) is 4.49. The molecule has 0 fully saturated rings. The van der Waals surface area contributed by atoms with E-state index in [1.807, 2.05) is 29.5 Å². The molecule has 0 spiro atoms. The molecule has 2 aromatic heterocycles. The Morgan fingerprint density at radius 3 is 2.78 bits per heavy atom. The topological polar surface area (TPSA) is 90.5 Å². The molecule has 0 aliphatic carbocycles. The molecule has 1 atom stereocenters. The van der Waals surface area contributed by atoms with Gasteiger partial charge in [-0.05, 0) is 43.7 Å². The predicted molar refractivity (Wildman–Crippen MR) is 127 cm³/mol. The molecule has 1 N–H and O–H groups in total. The van der Waals surface area contributed by atoms with Crippen LogP contribution in [0.5, 0.6) is 5.75 Å². The Hall–Kier alpha value is -3.04. The molecule has 2 heterocycles. The zero-order valence-electron chi connectivity index (χ0n) is 17.8. The zero-order chi connectivity index (χ0) is 22.8. The highest BCUT2D eigenvalue weighted by molar-refractivity contribution is 8.00. The van der Waals surface area contributed by atoms with Gasteiger partial charge >= 0.3 is 0 Å². The smallest absolute Gasteiger partial charge is 0.262 e. The molecule has 4 aromatic rings. The second kappa shape index (κ2) is 9.22. The number of thioether (sulfide) groups is 1. The van der Waals surface area contributed by atoms with Crippen molar-refractivity contribution in [3.05, 3.63) is 57.8 Å². The lowest BCUT2D eigenvalue weighted by Gasteiger charge is -2.14. The molecule has 0 radical (unpaired) electrons. The molecule has 1 unspecified atom stereocenters. The maximum absolute atomic E-state index is 13.0. The van der Waals surface area contributed by atoms with Crippen LogP contribution in [0.3, 0.4) is 0 Å². The van der Waals surface area contributed by atoms with Crippen molar-refractivity contribution >= 4 is 51.6 Å². The van der Waals surface area contributed by atoms with Crippen molar-refractivity contribution in [2.24, 2.45) is 0 Å². The standard InChI is InChI=1S/C22H22ClN5O3S/c1-4-11-27-20(30)15-7-5-6-8-17(15)28-21(27)25-26-22(28)32-13(2)19(29)24-16-12-14(23)9-10-18(16)31-3/h5-10,12-13H,4,11H2,1-3H3,(H,24,29). The van der Waals surface area contributed by atoms with Crippen LogP contribution in [0, 0.1) is 0 Å². The third kappa shape index (κ3) is 4.05. The second-order valence-corrected chi connectivity index (χ2v) is 8.93. The number of halogens is 1. The number of hydrogen-bond acceptors (Lipinski definition) is 6. The maximum atomic E-state index is 13.0. The Kier molecular flexibility index (Phi) is 6.38. The van der Waals surface area contributed by atoms with Crippen LogP contribution in [-0.4, -0.2) is 37.4 Å². The number of ether oxygens (including phenoxy) is 1. The number of carbonyl (C=O) groups is 1. The molecule has 1 amide bonds. The Morgan fingerprint density at radius 2 is 2.03 bits per heavy atom. The summed E-state index contributed by atoms with van der Waals surface area (Å²) in [5.41, 5.74) is 1.10. The average molecular weight is 472 g/mol. The van der Waals surface area contributed by atoms with Crippen LogP contribution in [0.1, 0.15) is 20.3 Å². The van der Waals surface area contributed by atoms with Crippen LogP contribution >= 0.6 is 23.4 Å². The highest BCUT2D eigenvalue weighted by Crippen LogP contribution is 2.30. The SMILES string of the molecule is CCCn1c(=O)c2ccccc2n2c(SC(C)C(=O)Nc3cc(Cl)ccc3OC)nnc12. The van der Waals surface area contributed by atoms with Crippen molar-refractivity contribution in [3.8, 4) is 5.75 Å². The Morgan fingerprint density at radius 1 is 1.25 bits per heavy atom. The number of rotatable bonds is 7. The zero-order valence-corrected chi connectivity index (χ0v) is 19.4. The lowest BCUT2D eigenvalue weighted by Crippen LogP contribution is -2.24. The van der Waals surface area contributed by atoms with E-state index in [-0.39, 0.29) is 11.5 Å². The Balaban J connectivity index is 1.70. The second-order valence-electron chi connectivity index (χ2n) is 7.19. The van der Waals surface area contributed by atoms with Crippen molar-refractivity contribution in [2.75, 3.05) is 12.4 Å². The van der Waals surface area contributed by atoms with Crippen LogP contribution in [0.15, 0.2) is 52.4 Å². The molecular formula is C22H22ClN5O3S. The summed E-state index contributed by atoms with van der Waals surface area (Å²) in [6.07, 6.45) is 0.781. The largest absolute Gasteiger partial charge is 0.495 e. The van der Waals surface area contributed by atoms with Gasteiger partial charge in [-0.25, -0.2) is 0 Å². The van der Waals surface area contributed by atoms with Crippen molar-refractivity contribution in [1.82, 2.24) is 19.2 Å². The summed E-state index contributed by atoms with van der Waals surface area (Å²) < 4.78 is 8.76. The summed E-state index contributed by atoms with van der Waals surface area (Å²) in [4.78, 5) is 25.8. The van der Waals surface area contributed by atoms with Crippen molar-refractivity contribution < 1.29 is 9.53 Å². The molecule has 166 valence electrons. The van der Waals surface area contributed by atoms with E-state index in [2.05, 4.69) is 15.5 Å². The number of fused-ring (bicyclic) bond motifs is 3. The van der Waals surface area contributed by atoms with Gasteiger partial charge in [-0.2, -0.15) is 0 Å². The third-order valence-electron chi connectivity index (χ3n) is 5.00. The monoisotopic (exact) mass is 471 g/mol. The van der Waals surface area contributed by atoms with E-state index in [0.717, 1.165) is 6.42 Å². The van der Waals surface area contributed by atoms with Gasteiger partial charge in [0.25, 0.3) is 5.56 Å². The normalized spacial score (nSPS) is 12.2. The van der Waals surface area contributed by atoms with E-state index in [1.54, 1.807) is 35.8 Å². The van der Waals surface area contributed by atoms with E-state index in [4.69, 9.17) is 16.3 Å². The van der Waals surface area contributed by atoms with Gasteiger partial charge in [0, 0.05) is 11.6 Å². The fourth-order valence-electron chi connectivity index (χ4n) is 3.46. The number of hydrogen-bond donors (Lipinski definition) is 1. The molecule has 0 aliphatic heterocycles. The van der Waals surface area contributed by atoms with Gasteiger partial charge in [-0.3, -0.25) is 18.6 Å². The van der Waals surface area contributed by atoms with Crippen molar-refractivity contribution in [3.63, 3.8) is 0 Å². The van der Waals surface area contributed by atoms with Crippen LogP contribution in [-0.2, 0) is 11.3 Å². The lowest BCUT2D eigenvalue weighted by atomic mass is 10.2. The maximum Gasteiger partial charge on any atom is 0.262 e. The molecule has 0 saturated carbocycles. The van der Waals surface area contributed by atoms with Gasteiger partial charge in [-0.15, -0.1) is 10.2 Å². The summed E-state index contributed by atoms with van der Waals surface area (Å²) in [5.74, 6) is 0.739. The van der Waals surface area contributed by atoms with Gasteiger partial charge < -0.3 is 10.1 Å². The average Bonchev–Trinajstić information content (AvgIpc) is 3.20. The molecule has 4 rings (SSSR count). The number of nitrogens with one attached hydrogen (secondary N) is 1. The molecule has 0 aliphatic rings. The molecule has 10 heteroatoms. The van der Waals surface area contributed by atoms with E-state index in [9.17, 15) is 9.59 Å². The summed E-state index contributed by atoms with van der Waals surface area (Å²) in [7, 11) is 1.53. The molecule has 2 aromatic carbocycles. The Bertz CT molecular complexity index is 1370. The molecular weight excluding hydrogens is 450 g/mol. The van der Waals surface area contributed by atoms with Gasteiger partial charge in [0.15, 0.2) is 5.16 Å². The van der Waals surface area contributed by atoms with Crippen LogP contribution < -0.4 is 15.6 Å². The quantitative estimate of drug-likeness (QED) is 0.405. The number of benzene rings is 2. The molecule has 8 nitrogen and oxygen atoms in total. The first kappa shape index (κ1) is 22.2. The van der Waals surface area contributed by atoms with Crippen LogP contribution in [0.2, 0.25) is 5.02 Å². The number of amides is 1. The number of carbonyl (C=O) groups excluding carboxylic acids is 1. The summed E-state index contributed by atoms with van der Waals surface area (Å²) >= 11 is 7.32. The van der Waals surface area contributed by atoms with Gasteiger partial charge in [0.2, 0.25) is 11.7 Å². The minimum atomic E-state index is -0.503. The lowest BCUT2D eigenvalue weighted by molar-refractivity contribution is -0.115. The summed E-state index contributed by atoms with van der Waals surface area (Å²) in [5, 5.41) is 12.5. The highest BCUT2D eigenvalue weighted by Gasteiger charge is 2.22. The van der Waals surface area contributed by atoms with Crippen LogP contribution in [0.4, 0.5) is 5.69 Å². The van der Waals surface area contributed by atoms with Crippen LogP contribution in [0.25, 0.3) is 16.7 Å². The molecule has 32 heavy (non-hydrogen) atoms. The minimum Gasteiger partial charge on any atom is -0.495 e. The number of methoxy groups -OCH3 is 1. The summed E-state index contributed by atoms with van der Waals surface area (Å²) in [6.45, 7) is 4.31. The summed E-state index contributed by atoms with van der Waals surface area (Å²) in [6, 6.07) is 12.4. The number of aromatic nitrogens is 4. The Labute approximate surface area is 193 Å². The van der Waals surface area contributed by atoms with E-state index >= 15 is 0 Å². The number of aryl methyl sites for hydroxylation is 1. The minimum absolute atomic E-state index is 0.0993. The van der Waals surface area contributed by atoms with Crippen molar-refractivity contribution in [2.45, 2.75) is 37.2 Å². The van der Waals surface area contributed by atoms with E-state index in [1.165, 1.54) is 18.9 Å². The van der Waals surface area contributed by atoms with Gasteiger partial charge in [-0.1, -0.05) is 42.4 Å². The highest BCUT2D eigenvalue weighted by atomic mass is 35.5. The van der Waals surface area contributed by atoms with E-state index < -0.39 is 5.25 Å². The third-order valence-corrected chi connectivity index (χ3v) is 6.27. The molecule has 0 saturated heterocycles. The first-order valence-electron chi connectivity index (χ1n) is 10.1. The first-order valence-corrected chi connectivity index (χ1v) is 11.4. The molecule has 0 bridgehead atoms. The van der Waals surface area contributed by atoms with Crippen molar-refractivity contribution in [1.29, 1.82) is 0 Å². The van der Waals surface area contributed by atoms with E-state index in [0.29, 0.717) is 44.8 Å².